The maximum absolute atomic E-state index is 12.4. The van der Waals surface area contributed by atoms with Gasteiger partial charge in [-0.25, -0.2) is 8.42 Å². The molecule has 0 spiro atoms. The van der Waals surface area contributed by atoms with Crippen molar-refractivity contribution in [2.75, 3.05) is 30.6 Å². The minimum absolute atomic E-state index is 0.0381. The van der Waals surface area contributed by atoms with Gasteiger partial charge in [-0.3, -0.25) is 4.79 Å². The number of anilines is 1. The number of rotatable bonds is 5. The fourth-order valence-corrected chi connectivity index (χ4v) is 7.12. The van der Waals surface area contributed by atoms with Crippen molar-refractivity contribution in [1.29, 1.82) is 0 Å². The lowest BCUT2D eigenvalue weighted by Gasteiger charge is -2.26. The Hall–Kier alpha value is -1.74. The smallest absolute Gasteiger partial charge is 0.250 e. The van der Waals surface area contributed by atoms with Crippen molar-refractivity contribution < 1.29 is 22.7 Å². The van der Waals surface area contributed by atoms with Crippen LogP contribution in [0.3, 0.4) is 0 Å². The monoisotopic (exact) mass is 412 g/mol. The molecule has 27 heavy (non-hydrogen) atoms. The highest BCUT2D eigenvalue weighted by molar-refractivity contribution is 8.16. The standard InChI is InChI=1S/C18H24N2O5S2/c1-5-11(2)17(21)19-18-20(14-9-27(22,23)10-16(14)26-18)13-7-6-12(24-3)8-15(13)25-4/h6-8,11,14,16H,5,9-10H2,1-4H3/t11-,14-,16+/m1/s1. The van der Waals surface area contributed by atoms with Crippen molar-refractivity contribution in [3.63, 3.8) is 0 Å². The van der Waals surface area contributed by atoms with E-state index >= 15 is 0 Å². The van der Waals surface area contributed by atoms with Crippen LogP contribution >= 0.6 is 11.8 Å². The van der Waals surface area contributed by atoms with Crippen LogP contribution in [0, 0.1) is 5.92 Å². The molecular weight excluding hydrogens is 388 g/mol. The minimum atomic E-state index is -3.12. The van der Waals surface area contributed by atoms with Gasteiger partial charge in [-0.15, -0.1) is 0 Å². The van der Waals surface area contributed by atoms with Gasteiger partial charge in [0.15, 0.2) is 15.0 Å². The molecule has 2 heterocycles. The van der Waals surface area contributed by atoms with E-state index in [1.807, 2.05) is 24.8 Å². The zero-order valence-corrected chi connectivity index (χ0v) is 17.5. The predicted molar refractivity (Wildman–Crippen MR) is 108 cm³/mol. The number of carbonyl (C=O) groups excluding carboxylic acids is 1. The molecule has 1 aromatic carbocycles. The van der Waals surface area contributed by atoms with Gasteiger partial charge in [0.2, 0.25) is 0 Å². The number of amides is 1. The molecule has 0 aliphatic carbocycles. The summed E-state index contributed by atoms with van der Waals surface area (Å²) in [5, 5.41) is 0.388. The first kappa shape index (κ1) is 20.0. The molecule has 3 rings (SSSR count). The maximum Gasteiger partial charge on any atom is 0.250 e. The summed E-state index contributed by atoms with van der Waals surface area (Å²) in [5.41, 5.74) is 0.686. The van der Waals surface area contributed by atoms with Gasteiger partial charge in [0.05, 0.1) is 37.5 Å². The average Bonchev–Trinajstić information content (AvgIpc) is 3.11. The van der Waals surface area contributed by atoms with E-state index < -0.39 is 9.84 Å². The van der Waals surface area contributed by atoms with Crippen LogP contribution in [-0.2, 0) is 14.6 Å². The summed E-state index contributed by atoms with van der Waals surface area (Å²) < 4.78 is 35.1. The quantitative estimate of drug-likeness (QED) is 0.734. The van der Waals surface area contributed by atoms with E-state index in [2.05, 4.69) is 4.99 Å². The van der Waals surface area contributed by atoms with Crippen molar-refractivity contribution in [2.45, 2.75) is 31.6 Å². The van der Waals surface area contributed by atoms with E-state index in [9.17, 15) is 13.2 Å². The van der Waals surface area contributed by atoms with Gasteiger partial charge >= 0.3 is 0 Å². The second-order valence-electron chi connectivity index (χ2n) is 6.75. The number of amidine groups is 1. The Bertz CT molecular complexity index is 869. The molecule has 0 saturated carbocycles. The molecule has 148 valence electrons. The zero-order valence-electron chi connectivity index (χ0n) is 15.8. The summed E-state index contributed by atoms with van der Waals surface area (Å²) in [5.74, 6) is 0.933. The van der Waals surface area contributed by atoms with Crippen molar-refractivity contribution in [2.24, 2.45) is 10.9 Å². The SMILES string of the molecule is CC[C@@H](C)C(=O)N=C1S[C@H]2CS(=O)(=O)C[C@H]2N1c1ccc(OC)cc1OC. The summed E-state index contributed by atoms with van der Waals surface area (Å²) in [6.45, 7) is 3.78. The first-order chi connectivity index (χ1) is 12.8. The molecule has 1 amide bonds. The Morgan fingerprint density at radius 2 is 2.07 bits per heavy atom. The van der Waals surface area contributed by atoms with Crippen molar-refractivity contribution >= 4 is 38.4 Å². The number of carbonyl (C=O) groups is 1. The van der Waals surface area contributed by atoms with E-state index in [4.69, 9.17) is 9.47 Å². The first-order valence-corrected chi connectivity index (χ1v) is 11.5. The van der Waals surface area contributed by atoms with Gasteiger partial charge < -0.3 is 14.4 Å². The van der Waals surface area contributed by atoms with Crippen LogP contribution in [0.5, 0.6) is 11.5 Å². The van der Waals surface area contributed by atoms with Crippen LogP contribution in [-0.4, -0.2) is 56.5 Å². The molecule has 0 radical (unpaired) electrons. The molecule has 0 aromatic heterocycles. The van der Waals surface area contributed by atoms with E-state index in [0.717, 1.165) is 0 Å². The van der Waals surface area contributed by atoms with Crippen LogP contribution in [0.4, 0.5) is 5.69 Å². The maximum atomic E-state index is 12.4. The van der Waals surface area contributed by atoms with Crippen LogP contribution in [0.2, 0.25) is 0 Å². The largest absolute Gasteiger partial charge is 0.497 e. The van der Waals surface area contributed by atoms with Crippen molar-refractivity contribution in [3.8, 4) is 11.5 Å². The molecule has 3 atom stereocenters. The number of fused-ring (bicyclic) bond motifs is 1. The second kappa shape index (κ2) is 7.71. The molecular formula is C18H24N2O5S2. The number of aliphatic imine (C=N–C) groups is 1. The van der Waals surface area contributed by atoms with Crippen LogP contribution in [0.1, 0.15) is 20.3 Å². The molecule has 2 aliphatic heterocycles. The lowest BCUT2D eigenvalue weighted by Crippen LogP contribution is -2.38. The Labute approximate surface area is 164 Å². The normalized spacial score (nSPS) is 26.1. The third-order valence-electron chi connectivity index (χ3n) is 4.95. The third-order valence-corrected chi connectivity index (χ3v) is 8.16. The van der Waals surface area contributed by atoms with Gasteiger partial charge in [-0.1, -0.05) is 25.6 Å². The lowest BCUT2D eigenvalue weighted by molar-refractivity contribution is -0.121. The highest BCUT2D eigenvalue weighted by atomic mass is 32.2. The Morgan fingerprint density at radius 3 is 2.70 bits per heavy atom. The second-order valence-corrected chi connectivity index (χ2v) is 10.1. The summed E-state index contributed by atoms with van der Waals surface area (Å²) in [4.78, 5) is 18.6. The van der Waals surface area contributed by atoms with Crippen molar-refractivity contribution in [3.05, 3.63) is 18.2 Å². The highest BCUT2D eigenvalue weighted by Crippen LogP contribution is 2.44. The number of thioether (sulfide) groups is 1. The van der Waals surface area contributed by atoms with Crippen LogP contribution in [0.25, 0.3) is 0 Å². The molecule has 9 heteroatoms. The Morgan fingerprint density at radius 1 is 1.33 bits per heavy atom. The fourth-order valence-electron chi connectivity index (χ4n) is 3.21. The molecule has 2 aliphatic rings. The number of benzene rings is 1. The number of nitrogens with zero attached hydrogens (tertiary/aromatic N) is 2. The van der Waals surface area contributed by atoms with Gasteiger partial charge in [-0.2, -0.15) is 4.99 Å². The molecule has 7 nitrogen and oxygen atoms in total. The fraction of sp³-hybridized carbons (Fsp3) is 0.556. The Balaban J connectivity index is 2.06. The number of methoxy groups -OCH3 is 2. The molecule has 0 bridgehead atoms. The summed E-state index contributed by atoms with van der Waals surface area (Å²) >= 11 is 1.36. The van der Waals surface area contributed by atoms with E-state index in [1.54, 1.807) is 26.4 Å². The van der Waals surface area contributed by atoms with Crippen LogP contribution < -0.4 is 14.4 Å². The van der Waals surface area contributed by atoms with Crippen molar-refractivity contribution in [1.82, 2.24) is 0 Å². The van der Waals surface area contributed by atoms with E-state index in [-0.39, 0.29) is 34.6 Å². The molecule has 2 saturated heterocycles. The lowest BCUT2D eigenvalue weighted by atomic mass is 10.1. The molecule has 0 N–H and O–H groups in total. The van der Waals surface area contributed by atoms with Gasteiger partial charge in [-0.05, 0) is 18.6 Å². The molecule has 0 unspecified atom stereocenters. The van der Waals surface area contributed by atoms with Gasteiger partial charge in [0.1, 0.15) is 11.5 Å². The van der Waals surface area contributed by atoms with Gasteiger partial charge in [0, 0.05) is 17.2 Å². The molecule has 1 aromatic rings. The number of hydrogen-bond donors (Lipinski definition) is 0. The third kappa shape index (κ3) is 3.94. The topological polar surface area (TPSA) is 85.3 Å². The highest BCUT2D eigenvalue weighted by Gasteiger charge is 2.50. The predicted octanol–water partition coefficient (Wildman–Crippen LogP) is 2.35. The number of hydrogen-bond acceptors (Lipinski definition) is 6. The van der Waals surface area contributed by atoms with E-state index in [0.29, 0.717) is 28.8 Å². The minimum Gasteiger partial charge on any atom is -0.497 e. The zero-order chi connectivity index (χ0) is 19.8. The summed E-state index contributed by atoms with van der Waals surface area (Å²) in [6.07, 6.45) is 0.702. The Kier molecular flexibility index (Phi) is 5.71. The summed E-state index contributed by atoms with van der Waals surface area (Å²) in [6, 6.07) is 5.07. The van der Waals surface area contributed by atoms with Gasteiger partial charge in [0.25, 0.3) is 5.91 Å². The number of sulfone groups is 1. The first-order valence-electron chi connectivity index (χ1n) is 8.80. The average molecular weight is 413 g/mol. The summed E-state index contributed by atoms with van der Waals surface area (Å²) in [7, 11) is -0.00565. The van der Waals surface area contributed by atoms with Crippen LogP contribution in [0.15, 0.2) is 23.2 Å². The molecule has 2 fully saturated rings. The van der Waals surface area contributed by atoms with E-state index in [1.165, 1.54) is 11.8 Å². The number of ether oxygens (including phenoxy) is 2.